The molecule has 0 aliphatic rings. The maximum absolute atomic E-state index is 6.11. The van der Waals surface area contributed by atoms with Gasteiger partial charge in [0.1, 0.15) is 0 Å². The fourth-order valence-electron chi connectivity index (χ4n) is 1.94. The summed E-state index contributed by atoms with van der Waals surface area (Å²) < 4.78 is 1.15. The van der Waals surface area contributed by atoms with Crippen LogP contribution in [0.1, 0.15) is 31.9 Å². The molecule has 0 unspecified atom stereocenters. The van der Waals surface area contributed by atoms with Gasteiger partial charge < -0.3 is 0 Å². The molecule has 3 heteroatoms. The van der Waals surface area contributed by atoms with E-state index < -0.39 is 0 Å². The number of nitrogens with zero attached hydrogens (tertiary/aromatic N) is 1. The van der Waals surface area contributed by atoms with E-state index in [9.17, 15) is 0 Å². The molecule has 0 bridgehead atoms. The molecule has 0 spiro atoms. The molecule has 0 fully saturated rings. The summed E-state index contributed by atoms with van der Waals surface area (Å²) in [4.78, 5) is 4.48. The maximum atomic E-state index is 6.11. The second-order valence-electron chi connectivity index (χ2n) is 5.68. The minimum atomic E-state index is 0.106. The van der Waals surface area contributed by atoms with Crippen molar-refractivity contribution < 1.29 is 0 Å². The van der Waals surface area contributed by atoms with Gasteiger partial charge >= 0.3 is 134 Å². The van der Waals surface area contributed by atoms with Crippen LogP contribution in [0.3, 0.4) is 0 Å². The predicted molar refractivity (Wildman–Crippen MR) is 89.2 cm³/mol. The van der Waals surface area contributed by atoms with Crippen molar-refractivity contribution in [2.75, 3.05) is 0 Å². The summed E-state index contributed by atoms with van der Waals surface area (Å²) in [6.45, 7) is 6.62. The summed E-state index contributed by atoms with van der Waals surface area (Å²) in [5.74, 6) is 0. The Hall–Kier alpha value is -1.08. The van der Waals surface area contributed by atoms with Gasteiger partial charge in [0, 0.05) is 0 Å². The minimum absolute atomic E-state index is 0.106. The third kappa shape index (κ3) is 3.52. The zero-order chi connectivity index (χ0) is 14.8. The van der Waals surface area contributed by atoms with Gasteiger partial charge in [-0.1, -0.05) is 0 Å². The molecule has 0 heterocycles. The van der Waals surface area contributed by atoms with Crippen molar-refractivity contribution in [3.8, 4) is 0 Å². The molecule has 2 aromatic rings. The van der Waals surface area contributed by atoms with Gasteiger partial charge in [-0.3, -0.25) is 0 Å². The van der Waals surface area contributed by atoms with E-state index in [1.807, 2.05) is 30.5 Å². The van der Waals surface area contributed by atoms with Crippen LogP contribution < -0.4 is 4.46 Å². The van der Waals surface area contributed by atoms with Crippen molar-refractivity contribution in [2.45, 2.75) is 26.2 Å². The van der Waals surface area contributed by atoms with Gasteiger partial charge in [0.25, 0.3) is 0 Å². The van der Waals surface area contributed by atoms with Crippen LogP contribution in [0.15, 0.2) is 47.5 Å². The number of benzene rings is 2. The Morgan fingerprint density at radius 1 is 1.05 bits per heavy atom. The third-order valence-corrected chi connectivity index (χ3v) is 4.32. The molecule has 2 rings (SSSR count). The zero-order valence-corrected chi connectivity index (χ0v) is 14.3. The third-order valence-electron chi connectivity index (χ3n) is 3.05. The van der Waals surface area contributed by atoms with Crippen LogP contribution in [0.2, 0.25) is 5.02 Å². The van der Waals surface area contributed by atoms with E-state index in [1.165, 1.54) is 5.56 Å². The summed E-state index contributed by atoms with van der Waals surface area (Å²) in [7, 11) is 0. The number of para-hydroxylation sites is 1. The molecule has 0 aliphatic carbocycles. The van der Waals surface area contributed by atoms with Gasteiger partial charge in [0.05, 0.1) is 0 Å². The summed E-state index contributed by atoms with van der Waals surface area (Å²) in [6.07, 6.45) is 1.86. The van der Waals surface area contributed by atoms with Crippen LogP contribution in [0.4, 0.5) is 5.69 Å². The van der Waals surface area contributed by atoms with Crippen LogP contribution in [-0.2, 0) is 5.41 Å². The summed E-state index contributed by atoms with van der Waals surface area (Å²) in [5, 5.41) is 0.664. The van der Waals surface area contributed by atoms with Crippen LogP contribution in [-0.4, -0.2) is 22.2 Å². The first-order valence-corrected chi connectivity index (χ1v) is 7.72. The van der Waals surface area contributed by atoms with E-state index in [0.29, 0.717) is 5.02 Å². The predicted octanol–water partition coefficient (Wildman–Crippen LogP) is 4.18. The molecule has 2 aromatic carbocycles. The van der Waals surface area contributed by atoms with Gasteiger partial charge in [0.15, 0.2) is 0 Å². The first kappa shape index (κ1) is 15.3. The van der Waals surface area contributed by atoms with Gasteiger partial charge in [-0.25, -0.2) is 0 Å². The Morgan fingerprint density at radius 3 is 2.40 bits per heavy atom. The Bertz CT molecular complexity index is 642. The topological polar surface area (TPSA) is 12.4 Å². The normalized spacial score (nSPS) is 12.0. The number of hydrogen-bond donors (Lipinski definition) is 0. The van der Waals surface area contributed by atoms with Crippen molar-refractivity contribution in [1.82, 2.24) is 0 Å². The number of halogens is 1. The van der Waals surface area contributed by atoms with E-state index in [4.69, 9.17) is 11.6 Å². The molecular formula is C17H17ClNSe. The zero-order valence-electron chi connectivity index (χ0n) is 11.9. The standard InChI is InChI=1S/C17H17ClNSe/c1-17(2,3)13-8-6-7-12(16(13)20)11-19-15-10-5-4-9-14(15)18/h4-11H,1-3H3. The molecule has 0 atom stereocenters. The molecule has 0 aromatic heterocycles. The van der Waals surface area contributed by atoms with Crippen molar-refractivity contribution in [2.24, 2.45) is 4.99 Å². The molecular weight excluding hydrogens is 333 g/mol. The van der Waals surface area contributed by atoms with E-state index in [0.717, 1.165) is 15.7 Å². The average molecular weight is 350 g/mol. The van der Waals surface area contributed by atoms with Gasteiger partial charge in [0.2, 0.25) is 0 Å². The first-order chi connectivity index (χ1) is 9.39. The van der Waals surface area contributed by atoms with Crippen LogP contribution in [0.25, 0.3) is 0 Å². The Labute approximate surface area is 133 Å². The summed E-state index contributed by atoms with van der Waals surface area (Å²) in [5.41, 5.74) is 3.27. The van der Waals surface area contributed by atoms with E-state index in [-0.39, 0.29) is 5.41 Å². The molecule has 20 heavy (non-hydrogen) atoms. The molecule has 0 saturated heterocycles. The first-order valence-electron chi connectivity index (χ1n) is 6.48. The fraction of sp³-hybridized carbons (Fsp3) is 0.235. The van der Waals surface area contributed by atoms with Gasteiger partial charge in [-0.2, -0.15) is 0 Å². The number of rotatable bonds is 2. The van der Waals surface area contributed by atoms with Crippen molar-refractivity contribution in [3.05, 3.63) is 58.6 Å². The summed E-state index contributed by atoms with van der Waals surface area (Å²) >= 11 is 9.28. The average Bonchev–Trinajstić information content (AvgIpc) is 2.38. The molecule has 0 saturated carbocycles. The molecule has 0 N–H and O–H groups in total. The second kappa shape index (κ2) is 6.13. The Morgan fingerprint density at radius 2 is 1.75 bits per heavy atom. The van der Waals surface area contributed by atoms with Gasteiger partial charge in [-0.15, -0.1) is 0 Å². The van der Waals surface area contributed by atoms with Gasteiger partial charge in [-0.05, 0) is 0 Å². The van der Waals surface area contributed by atoms with Crippen molar-refractivity contribution in [1.29, 1.82) is 0 Å². The van der Waals surface area contributed by atoms with E-state index in [1.54, 1.807) is 0 Å². The second-order valence-corrected chi connectivity index (χ2v) is 6.95. The number of aliphatic imine (C=N–C) groups is 1. The monoisotopic (exact) mass is 350 g/mol. The molecule has 103 valence electrons. The van der Waals surface area contributed by atoms with Crippen LogP contribution in [0, 0.1) is 0 Å². The Kier molecular flexibility index (Phi) is 4.70. The van der Waals surface area contributed by atoms with E-state index >= 15 is 0 Å². The number of hydrogen-bond acceptors (Lipinski definition) is 1. The molecule has 0 amide bonds. The Balaban J connectivity index is 2.38. The summed E-state index contributed by atoms with van der Waals surface area (Å²) in [6, 6.07) is 13.9. The molecule has 0 aliphatic heterocycles. The van der Waals surface area contributed by atoms with E-state index in [2.05, 4.69) is 60.0 Å². The van der Waals surface area contributed by atoms with Crippen LogP contribution >= 0.6 is 11.6 Å². The fourth-order valence-corrected chi connectivity index (χ4v) is 3.17. The van der Waals surface area contributed by atoms with Crippen LogP contribution in [0.5, 0.6) is 0 Å². The van der Waals surface area contributed by atoms with Crippen molar-refractivity contribution in [3.63, 3.8) is 0 Å². The molecule has 1 radical (unpaired) electrons. The quantitative estimate of drug-likeness (QED) is 0.569. The molecule has 1 nitrogen and oxygen atoms in total. The SMILES string of the molecule is CC(C)(C)c1cccc(C=Nc2ccccc2Cl)c1[Se]. The van der Waals surface area contributed by atoms with Crippen molar-refractivity contribution >= 4 is 44.0 Å².